The lowest BCUT2D eigenvalue weighted by Crippen LogP contribution is -2.10. The molecule has 166 valence electrons. The summed E-state index contributed by atoms with van der Waals surface area (Å²) in [6.45, 7) is 3.54. The van der Waals surface area contributed by atoms with Gasteiger partial charge in [0.05, 0.1) is 11.8 Å². The quantitative estimate of drug-likeness (QED) is 0.385. The Balaban J connectivity index is 0.000000887. The minimum Gasteiger partial charge on any atom is -0.481 e. The van der Waals surface area contributed by atoms with E-state index in [1.165, 1.54) is 25.5 Å². The van der Waals surface area contributed by atoms with Gasteiger partial charge in [0, 0.05) is 17.7 Å². The Morgan fingerprint density at radius 3 is 2.47 bits per heavy atom. The summed E-state index contributed by atoms with van der Waals surface area (Å²) in [7, 11) is 0. The van der Waals surface area contributed by atoms with Crippen LogP contribution in [0.1, 0.15) is 52.9 Å². The third kappa shape index (κ3) is 6.74. The van der Waals surface area contributed by atoms with E-state index in [9.17, 15) is 14.0 Å². The predicted octanol–water partition coefficient (Wildman–Crippen LogP) is 5.91. The number of hydrogen-bond donors (Lipinski definition) is 1. The van der Waals surface area contributed by atoms with Gasteiger partial charge in [-0.3, -0.25) is 9.78 Å². The monoisotopic (exact) mass is 435 g/mol. The normalized spacial score (nSPS) is 11.8. The van der Waals surface area contributed by atoms with E-state index < -0.39 is 17.8 Å². The number of aromatic nitrogens is 1. The van der Waals surface area contributed by atoms with Crippen molar-refractivity contribution in [3.05, 3.63) is 82.9 Å². The maximum atomic E-state index is 14.1. The largest absolute Gasteiger partial charge is 0.481 e. The second-order valence-corrected chi connectivity index (χ2v) is 7.83. The summed E-state index contributed by atoms with van der Waals surface area (Å²) in [5, 5.41) is 8.79. The first-order valence-electron chi connectivity index (χ1n) is 10.6. The molecule has 0 amide bonds. The summed E-state index contributed by atoms with van der Waals surface area (Å²) in [6.07, 6.45) is 6.04. The molecule has 2 aromatic carbocycles. The minimum absolute atomic E-state index is 0.00299. The number of carboxylic acids is 1. The molecule has 1 saturated carbocycles. The molecule has 1 heterocycles. The highest BCUT2D eigenvalue weighted by molar-refractivity contribution is 5.93. The van der Waals surface area contributed by atoms with E-state index in [4.69, 9.17) is 9.84 Å². The van der Waals surface area contributed by atoms with Crippen molar-refractivity contribution >= 4 is 11.9 Å². The first-order chi connectivity index (χ1) is 15.3. The number of aliphatic carboxylic acids is 1. The molecule has 0 radical (unpaired) electrons. The van der Waals surface area contributed by atoms with E-state index >= 15 is 0 Å². The highest BCUT2D eigenvalue weighted by Crippen LogP contribution is 2.26. The summed E-state index contributed by atoms with van der Waals surface area (Å²) in [6, 6.07) is 13.5. The van der Waals surface area contributed by atoms with Gasteiger partial charge in [0.1, 0.15) is 11.6 Å². The van der Waals surface area contributed by atoms with Crippen LogP contribution in [0.3, 0.4) is 0 Å². The Morgan fingerprint density at radius 2 is 1.81 bits per heavy atom. The molecule has 0 spiro atoms. The summed E-state index contributed by atoms with van der Waals surface area (Å²) in [5.74, 6) is -1.50. The number of pyridine rings is 1. The highest BCUT2D eigenvalue weighted by atomic mass is 19.1. The first kappa shape index (κ1) is 23.1. The lowest BCUT2D eigenvalue weighted by Gasteiger charge is -2.10. The third-order valence-corrected chi connectivity index (χ3v) is 4.84. The van der Waals surface area contributed by atoms with Gasteiger partial charge in [-0.2, -0.15) is 0 Å². The van der Waals surface area contributed by atoms with Crippen LogP contribution in [0.5, 0.6) is 5.75 Å². The molecule has 32 heavy (non-hydrogen) atoms. The molecule has 6 heteroatoms. The topological polar surface area (TPSA) is 76.5 Å². The number of hydrogen-bond acceptors (Lipinski definition) is 4. The Bertz CT molecular complexity index is 1120. The Kier molecular flexibility index (Phi) is 7.71. The molecule has 0 atom stereocenters. The molecule has 1 N–H and O–H groups in total. The van der Waals surface area contributed by atoms with E-state index in [2.05, 4.69) is 4.98 Å². The molecule has 0 saturated heterocycles. The fourth-order valence-corrected chi connectivity index (χ4v) is 3.00. The fourth-order valence-electron chi connectivity index (χ4n) is 3.00. The molecular weight excluding hydrogens is 409 g/mol. The van der Waals surface area contributed by atoms with Gasteiger partial charge in [0.25, 0.3) is 0 Å². The summed E-state index contributed by atoms with van der Waals surface area (Å²) >= 11 is 0. The number of rotatable bonds is 6. The second-order valence-electron chi connectivity index (χ2n) is 7.83. The van der Waals surface area contributed by atoms with Crippen molar-refractivity contribution in [3.8, 4) is 16.9 Å². The van der Waals surface area contributed by atoms with Crippen molar-refractivity contribution in [2.24, 2.45) is 0 Å². The number of esters is 1. The molecular formula is C26H26FNO4. The highest BCUT2D eigenvalue weighted by Gasteiger charge is 2.15. The lowest BCUT2D eigenvalue weighted by atomic mass is 9.99. The van der Waals surface area contributed by atoms with E-state index in [1.54, 1.807) is 62.4 Å². The number of benzene rings is 2. The third-order valence-electron chi connectivity index (χ3n) is 4.84. The van der Waals surface area contributed by atoms with Crippen molar-refractivity contribution in [2.45, 2.75) is 46.0 Å². The average Bonchev–Trinajstić information content (AvgIpc) is 3.63. The van der Waals surface area contributed by atoms with Gasteiger partial charge in [-0.15, -0.1) is 0 Å². The van der Waals surface area contributed by atoms with Gasteiger partial charge in [-0.1, -0.05) is 43.5 Å². The molecule has 0 aliphatic heterocycles. The molecule has 0 unspecified atom stereocenters. The number of carbonyl (C=O) groups excluding carboxylic acids is 1. The number of carbonyl (C=O) groups is 2. The van der Waals surface area contributed by atoms with Crippen LogP contribution in [0.2, 0.25) is 0 Å². The van der Waals surface area contributed by atoms with Crippen molar-refractivity contribution in [3.63, 3.8) is 0 Å². The Labute approximate surface area is 186 Å². The zero-order chi connectivity index (χ0) is 23.1. The van der Waals surface area contributed by atoms with Crippen LogP contribution < -0.4 is 4.74 Å². The van der Waals surface area contributed by atoms with Crippen LogP contribution in [0.4, 0.5) is 4.39 Å². The number of ether oxygens (including phenoxy) is 1. The first-order valence-corrected chi connectivity index (χ1v) is 10.6. The zero-order valence-electron chi connectivity index (χ0n) is 18.2. The molecule has 1 aliphatic rings. The maximum absolute atomic E-state index is 14.1. The molecule has 1 fully saturated rings. The summed E-state index contributed by atoms with van der Waals surface area (Å²) in [4.78, 5) is 27.2. The standard InChI is InChI=1S/C23H20FNO4.C3H6/c1-14-10-17(20-11-15(2)25-13-21(20)24)7-8-19(14)23(28)29-18-5-3-4-16(12-18)6-9-22(26)27;1-2-3-1/h3-5,7-8,10-13H,6,9H2,1-2H3,(H,26,27);1-3H2. The summed E-state index contributed by atoms with van der Waals surface area (Å²) in [5.41, 5.74) is 3.57. The van der Waals surface area contributed by atoms with Gasteiger partial charge in [-0.05, 0) is 61.2 Å². The Hall–Kier alpha value is -3.54. The number of halogens is 1. The van der Waals surface area contributed by atoms with Crippen LogP contribution in [-0.4, -0.2) is 22.0 Å². The maximum Gasteiger partial charge on any atom is 0.343 e. The van der Waals surface area contributed by atoms with Crippen molar-refractivity contribution in [1.82, 2.24) is 4.98 Å². The van der Waals surface area contributed by atoms with Gasteiger partial charge in [-0.25, -0.2) is 9.18 Å². The van der Waals surface area contributed by atoms with Crippen LogP contribution in [-0.2, 0) is 11.2 Å². The average molecular weight is 435 g/mol. The zero-order valence-corrected chi connectivity index (χ0v) is 18.2. The smallest absolute Gasteiger partial charge is 0.343 e. The molecule has 1 aliphatic carbocycles. The van der Waals surface area contributed by atoms with E-state index in [0.717, 1.165) is 5.56 Å². The van der Waals surface area contributed by atoms with Crippen molar-refractivity contribution in [2.75, 3.05) is 0 Å². The fraction of sp³-hybridized carbons (Fsp3) is 0.269. The molecule has 4 rings (SSSR count). The molecule has 3 aromatic rings. The van der Waals surface area contributed by atoms with E-state index in [-0.39, 0.29) is 6.42 Å². The van der Waals surface area contributed by atoms with Crippen LogP contribution in [0, 0.1) is 19.7 Å². The summed E-state index contributed by atoms with van der Waals surface area (Å²) < 4.78 is 19.5. The predicted molar refractivity (Wildman–Crippen MR) is 120 cm³/mol. The second kappa shape index (κ2) is 10.7. The minimum atomic E-state index is -0.885. The van der Waals surface area contributed by atoms with Crippen LogP contribution in [0.25, 0.3) is 11.1 Å². The Morgan fingerprint density at radius 1 is 1.06 bits per heavy atom. The van der Waals surface area contributed by atoms with Gasteiger partial charge < -0.3 is 9.84 Å². The van der Waals surface area contributed by atoms with Gasteiger partial charge >= 0.3 is 11.9 Å². The SMILES string of the molecule is C1CC1.Cc1cc(-c2ccc(C(=O)Oc3cccc(CCC(=O)O)c3)c(C)c2)c(F)cn1. The van der Waals surface area contributed by atoms with Gasteiger partial charge in [0.2, 0.25) is 0 Å². The number of nitrogens with zero attached hydrogens (tertiary/aromatic N) is 1. The number of aryl methyl sites for hydroxylation is 3. The van der Waals surface area contributed by atoms with Crippen LogP contribution >= 0.6 is 0 Å². The van der Waals surface area contributed by atoms with Gasteiger partial charge in [0.15, 0.2) is 0 Å². The van der Waals surface area contributed by atoms with E-state index in [1.807, 2.05) is 0 Å². The molecule has 1 aromatic heterocycles. The molecule has 0 bridgehead atoms. The van der Waals surface area contributed by atoms with Crippen molar-refractivity contribution < 1.29 is 23.8 Å². The van der Waals surface area contributed by atoms with Crippen LogP contribution in [0.15, 0.2) is 54.7 Å². The van der Waals surface area contributed by atoms with E-state index in [0.29, 0.717) is 40.1 Å². The lowest BCUT2D eigenvalue weighted by molar-refractivity contribution is -0.136. The molecule has 5 nitrogen and oxygen atoms in total. The number of carboxylic acid groups (broad SMARTS) is 1. The van der Waals surface area contributed by atoms with Crippen molar-refractivity contribution in [1.29, 1.82) is 0 Å².